The van der Waals surface area contributed by atoms with Gasteiger partial charge in [-0.15, -0.1) is 0 Å². The van der Waals surface area contributed by atoms with Crippen molar-refractivity contribution < 1.29 is 10.0 Å². The van der Waals surface area contributed by atoms with E-state index in [1.807, 2.05) is 18.2 Å². The van der Waals surface area contributed by atoms with Crippen molar-refractivity contribution in [1.82, 2.24) is 4.90 Å². The Hall–Kier alpha value is -0.835. The maximum atomic E-state index is 9.28. The lowest BCUT2D eigenvalue weighted by Gasteiger charge is -2.22. The zero-order valence-corrected chi connectivity index (χ0v) is 9.63. The SMILES string of the molecule is CC1CCCN1Cc1ccccc1B(O)O. The van der Waals surface area contributed by atoms with Crippen molar-refractivity contribution in [2.75, 3.05) is 6.54 Å². The smallest absolute Gasteiger partial charge is 0.423 e. The fourth-order valence-corrected chi connectivity index (χ4v) is 2.38. The summed E-state index contributed by atoms with van der Waals surface area (Å²) in [6.45, 7) is 4.15. The van der Waals surface area contributed by atoms with Crippen LogP contribution in [-0.2, 0) is 6.54 Å². The normalized spacial score (nSPS) is 21.3. The van der Waals surface area contributed by atoms with Gasteiger partial charge in [-0.2, -0.15) is 0 Å². The van der Waals surface area contributed by atoms with Crippen LogP contribution in [-0.4, -0.2) is 34.7 Å². The Labute approximate surface area is 96.9 Å². The van der Waals surface area contributed by atoms with Gasteiger partial charge in [-0.1, -0.05) is 24.3 Å². The minimum absolute atomic E-state index is 0.601. The second kappa shape index (κ2) is 5.00. The molecule has 2 N–H and O–H groups in total. The van der Waals surface area contributed by atoms with Gasteiger partial charge in [0.15, 0.2) is 0 Å². The number of hydrogen-bond donors (Lipinski definition) is 2. The standard InChI is InChI=1S/C12H18BNO2/c1-10-5-4-8-14(10)9-11-6-2-3-7-12(11)13(15)16/h2-3,6-7,10,15-16H,4-5,8-9H2,1H3. The van der Waals surface area contributed by atoms with Crippen LogP contribution in [0.2, 0.25) is 0 Å². The van der Waals surface area contributed by atoms with E-state index in [1.54, 1.807) is 6.07 Å². The molecule has 16 heavy (non-hydrogen) atoms. The molecule has 1 heterocycles. The first-order valence-electron chi connectivity index (χ1n) is 5.86. The molecule has 0 radical (unpaired) electrons. The first-order valence-corrected chi connectivity index (χ1v) is 5.86. The van der Waals surface area contributed by atoms with Crippen LogP contribution in [0.15, 0.2) is 24.3 Å². The molecule has 0 bridgehead atoms. The molecule has 1 unspecified atom stereocenters. The number of rotatable bonds is 3. The minimum atomic E-state index is -1.37. The van der Waals surface area contributed by atoms with Crippen LogP contribution in [0, 0.1) is 0 Å². The van der Waals surface area contributed by atoms with E-state index in [4.69, 9.17) is 0 Å². The first-order chi connectivity index (χ1) is 7.68. The summed E-state index contributed by atoms with van der Waals surface area (Å²) in [5, 5.41) is 18.6. The van der Waals surface area contributed by atoms with Gasteiger partial charge in [0, 0.05) is 12.6 Å². The largest absolute Gasteiger partial charge is 0.488 e. The van der Waals surface area contributed by atoms with Crippen LogP contribution in [0.5, 0.6) is 0 Å². The molecular formula is C12H18BNO2. The molecule has 2 rings (SSSR count). The lowest BCUT2D eigenvalue weighted by atomic mass is 9.77. The van der Waals surface area contributed by atoms with E-state index >= 15 is 0 Å². The van der Waals surface area contributed by atoms with Gasteiger partial charge in [-0.3, -0.25) is 4.90 Å². The molecule has 86 valence electrons. The second-order valence-corrected chi connectivity index (χ2v) is 4.53. The van der Waals surface area contributed by atoms with Gasteiger partial charge in [0.05, 0.1) is 0 Å². The Bertz CT molecular complexity index is 357. The van der Waals surface area contributed by atoms with Crippen molar-refractivity contribution in [3.05, 3.63) is 29.8 Å². The molecule has 1 aromatic carbocycles. The number of likely N-dealkylation sites (tertiary alicyclic amines) is 1. The summed E-state index contributed by atoms with van der Waals surface area (Å²) in [5.41, 5.74) is 1.65. The summed E-state index contributed by atoms with van der Waals surface area (Å²) in [6, 6.07) is 8.14. The number of nitrogens with zero attached hydrogens (tertiary/aromatic N) is 1. The second-order valence-electron chi connectivity index (χ2n) is 4.53. The molecule has 3 nitrogen and oxygen atoms in total. The monoisotopic (exact) mass is 219 g/mol. The molecule has 1 fully saturated rings. The zero-order chi connectivity index (χ0) is 11.5. The third-order valence-corrected chi connectivity index (χ3v) is 3.40. The molecule has 0 saturated carbocycles. The minimum Gasteiger partial charge on any atom is -0.423 e. The van der Waals surface area contributed by atoms with Crippen LogP contribution in [0.3, 0.4) is 0 Å². The third-order valence-electron chi connectivity index (χ3n) is 3.40. The van der Waals surface area contributed by atoms with E-state index in [0.29, 0.717) is 11.5 Å². The van der Waals surface area contributed by atoms with Crippen molar-refractivity contribution >= 4 is 12.6 Å². The zero-order valence-electron chi connectivity index (χ0n) is 9.63. The quantitative estimate of drug-likeness (QED) is 0.721. The highest BCUT2D eigenvalue weighted by atomic mass is 16.4. The molecule has 1 aliphatic heterocycles. The molecule has 0 amide bonds. The predicted molar refractivity (Wildman–Crippen MR) is 65.4 cm³/mol. The topological polar surface area (TPSA) is 43.7 Å². The Morgan fingerprint density at radius 1 is 1.38 bits per heavy atom. The van der Waals surface area contributed by atoms with E-state index in [1.165, 1.54) is 12.8 Å². The summed E-state index contributed by atoms with van der Waals surface area (Å²) in [6.07, 6.45) is 2.48. The van der Waals surface area contributed by atoms with E-state index in [2.05, 4.69) is 11.8 Å². The highest BCUT2D eigenvalue weighted by molar-refractivity contribution is 6.59. The van der Waals surface area contributed by atoms with Crippen LogP contribution < -0.4 is 5.46 Å². The van der Waals surface area contributed by atoms with Crippen molar-refractivity contribution in [1.29, 1.82) is 0 Å². The molecule has 1 aromatic rings. The van der Waals surface area contributed by atoms with Crippen LogP contribution in [0.25, 0.3) is 0 Å². The number of benzene rings is 1. The van der Waals surface area contributed by atoms with Crippen molar-refractivity contribution in [2.45, 2.75) is 32.4 Å². The lowest BCUT2D eigenvalue weighted by Crippen LogP contribution is -2.36. The maximum Gasteiger partial charge on any atom is 0.488 e. The molecule has 1 atom stereocenters. The fourth-order valence-electron chi connectivity index (χ4n) is 2.38. The molecular weight excluding hydrogens is 201 g/mol. The Morgan fingerprint density at radius 2 is 2.12 bits per heavy atom. The molecule has 0 aliphatic carbocycles. The van der Waals surface area contributed by atoms with E-state index in [9.17, 15) is 10.0 Å². The predicted octanol–water partition coefficient (Wildman–Crippen LogP) is 0.351. The van der Waals surface area contributed by atoms with E-state index in [0.717, 1.165) is 18.7 Å². The molecule has 1 saturated heterocycles. The summed E-state index contributed by atoms with van der Waals surface area (Å²) in [4.78, 5) is 2.39. The van der Waals surface area contributed by atoms with Crippen molar-refractivity contribution in [2.24, 2.45) is 0 Å². The Kier molecular flexibility index (Phi) is 3.64. The van der Waals surface area contributed by atoms with Gasteiger partial charge in [-0.05, 0) is 37.3 Å². The third kappa shape index (κ3) is 2.46. The van der Waals surface area contributed by atoms with Gasteiger partial charge in [0.25, 0.3) is 0 Å². The Balaban J connectivity index is 2.14. The highest BCUT2D eigenvalue weighted by Crippen LogP contribution is 2.18. The molecule has 0 aromatic heterocycles. The van der Waals surface area contributed by atoms with Gasteiger partial charge in [0.2, 0.25) is 0 Å². The number of hydrogen-bond acceptors (Lipinski definition) is 3. The van der Waals surface area contributed by atoms with Gasteiger partial charge in [0.1, 0.15) is 0 Å². The molecule has 4 heteroatoms. The van der Waals surface area contributed by atoms with Crippen LogP contribution >= 0.6 is 0 Å². The maximum absolute atomic E-state index is 9.28. The van der Waals surface area contributed by atoms with E-state index < -0.39 is 7.12 Å². The van der Waals surface area contributed by atoms with Crippen molar-refractivity contribution in [3.8, 4) is 0 Å². The molecule has 0 spiro atoms. The van der Waals surface area contributed by atoms with Gasteiger partial charge >= 0.3 is 7.12 Å². The lowest BCUT2D eigenvalue weighted by molar-refractivity contribution is 0.260. The average Bonchev–Trinajstić information content (AvgIpc) is 2.65. The molecule has 1 aliphatic rings. The Morgan fingerprint density at radius 3 is 2.75 bits per heavy atom. The first kappa shape index (κ1) is 11.6. The van der Waals surface area contributed by atoms with Crippen LogP contribution in [0.4, 0.5) is 0 Å². The highest BCUT2D eigenvalue weighted by Gasteiger charge is 2.22. The summed E-state index contributed by atoms with van der Waals surface area (Å²) in [7, 11) is -1.37. The van der Waals surface area contributed by atoms with Crippen molar-refractivity contribution in [3.63, 3.8) is 0 Å². The summed E-state index contributed by atoms with van der Waals surface area (Å²) < 4.78 is 0. The van der Waals surface area contributed by atoms with Gasteiger partial charge in [-0.25, -0.2) is 0 Å². The average molecular weight is 219 g/mol. The van der Waals surface area contributed by atoms with Crippen LogP contribution in [0.1, 0.15) is 25.3 Å². The fraction of sp³-hybridized carbons (Fsp3) is 0.500. The summed E-state index contributed by atoms with van der Waals surface area (Å²) >= 11 is 0. The van der Waals surface area contributed by atoms with E-state index in [-0.39, 0.29) is 0 Å². The van der Waals surface area contributed by atoms with Gasteiger partial charge < -0.3 is 10.0 Å². The summed E-state index contributed by atoms with van der Waals surface area (Å²) in [5.74, 6) is 0.